The third kappa shape index (κ3) is 3.34. The number of nitrogens with zero attached hydrogens (tertiary/aromatic N) is 2. The van der Waals surface area contributed by atoms with Crippen LogP contribution in [0.5, 0.6) is 5.75 Å². The molecule has 1 aliphatic carbocycles. The number of rotatable bonds is 4. The number of nitriles is 1. The smallest absolute Gasteiger partial charge is 0.137 e. The van der Waals surface area contributed by atoms with Crippen LogP contribution in [0.2, 0.25) is 0 Å². The molecule has 0 spiro atoms. The molecule has 1 atom stereocenters. The predicted molar refractivity (Wildman–Crippen MR) is 107 cm³/mol. The van der Waals surface area contributed by atoms with Crippen LogP contribution in [0.3, 0.4) is 0 Å². The molecule has 0 fully saturated rings. The first-order valence-electron chi connectivity index (χ1n) is 9.04. The summed E-state index contributed by atoms with van der Waals surface area (Å²) in [5.74, 6) is 0.600. The van der Waals surface area contributed by atoms with E-state index in [0.29, 0.717) is 11.3 Å². The van der Waals surface area contributed by atoms with Gasteiger partial charge in [0, 0.05) is 11.8 Å². The number of fused-ring (bicyclic) bond motifs is 1. The first-order valence-corrected chi connectivity index (χ1v) is 9.85. The molecule has 4 rings (SSSR count). The Balaban J connectivity index is 1.69. The fourth-order valence-corrected chi connectivity index (χ4v) is 4.47. The number of thiazole rings is 1. The Morgan fingerprint density at radius 3 is 2.93 bits per heavy atom. The monoisotopic (exact) mass is 376 g/mol. The maximum Gasteiger partial charge on any atom is 0.137 e. The molecule has 27 heavy (non-hydrogen) atoms. The summed E-state index contributed by atoms with van der Waals surface area (Å²) in [5.41, 5.74) is 4.82. The third-order valence-electron chi connectivity index (χ3n) is 4.72. The molecule has 1 heterocycles. The van der Waals surface area contributed by atoms with Crippen LogP contribution >= 0.6 is 11.3 Å². The van der Waals surface area contributed by atoms with Crippen molar-refractivity contribution in [2.45, 2.75) is 38.9 Å². The van der Waals surface area contributed by atoms with Gasteiger partial charge in [0.05, 0.1) is 22.6 Å². The van der Waals surface area contributed by atoms with Crippen molar-refractivity contribution in [2.75, 3.05) is 0 Å². The highest BCUT2D eigenvalue weighted by atomic mass is 32.1. The summed E-state index contributed by atoms with van der Waals surface area (Å²) in [7, 11) is 0. The first kappa shape index (κ1) is 17.7. The topological polar surface area (TPSA) is 66.1 Å². The molecule has 1 aliphatic rings. The molecule has 0 amide bonds. The van der Waals surface area contributed by atoms with Gasteiger partial charge in [-0.15, -0.1) is 11.3 Å². The fraction of sp³-hybridized carbons (Fsp3) is 0.273. The van der Waals surface area contributed by atoms with E-state index in [2.05, 4.69) is 17.1 Å². The maximum absolute atomic E-state index is 10.1. The molecule has 0 aliphatic heterocycles. The largest absolute Gasteiger partial charge is 0.490 e. The highest BCUT2D eigenvalue weighted by Gasteiger charge is 2.23. The van der Waals surface area contributed by atoms with E-state index in [4.69, 9.17) is 4.74 Å². The van der Waals surface area contributed by atoms with Crippen molar-refractivity contribution in [3.05, 3.63) is 59.3 Å². The van der Waals surface area contributed by atoms with Crippen LogP contribution in [-0.4, -0.2) is 16.2 Å². The lowest BCUT2D eigenvalue weighted by Crippen LogP contribution is -2.06. The molecule has 5 heteroatoms. The second kappa shape index (κ2) is 7.15. The summed E-state index contributed by atoms with van der Waals surface area (Å²) in [6, 6.07) is 13.9. The minimum atomic E-state index is -0.362. The summed E-state index contributed by atoms with van der Waals surface area (Å²) in [6.45, 7) is 3.88. The second-order valence-electron chi connectivity index (χ2n) is 6.95. The van der Waals surface area contributed by atoms with Gasteiger partial charge in [0.25, 0.3) is 0 Å². The summed E-state index contributed by atoms with van der Waals surface area (Å²) in [5, 5.41) is 20.4. The average Bonchev–Trinajstić information content (AvgIpc) is 3.29. The van der Waals surface area contributed by atoms with Gasteiger partial charge in [-0.2, -0.15) is 5.26 Å². The number of aliphatic hydroxyl groups is 1. The number of hydrogen-bond donors (Lipinski definition) is 1. The lowest BCUT2D eigenvalue weighted by molar-refractivity contribution is 0.180. The normalized spacial score (nSPS) is 15.6. The van der Waals surface area contributed by atoms with E-state index in [1.807, 2.05) is 50.4 Å². The van der Waals surface area contributed by atoms with Crippen LogP contribution in [0.25, 0.3) is 21.0 Å². The summed E-state index contributed by atoms with van der Waals surface area (Å²) >= 11 is 1.60. The Bertz CT molecular complexity index is 1030. The van der Waals surface area contributed by atoms with Crippen molar-refractivity contribution >= 4 is 11.3 Å². The van der Waals surface area contributed by atoms with Crippen LogP contribution in [0.15, 0.2) is 42.6 Å². The molecule has 1 N–H and O–H groups in total. The standard InChI is InChI=1S/C22H20N2O2S/c1-13(2)26-20-9-6-14(10-15(20)11-23)22-24-12-21(27-22)18-5-3-4-17-16(18)7-8-19(17)25/h3-6,9-10,12-13,19,25H,7-8H2,1-2H3/t19-/m0/s1. The lowest BCUT2D eigenvalue weighted by atomic mass is 10.0. The van der Waals surface area contributed by atoms with Gasteiger partial charge in [-0.3, -0.25) is 0 Å². The van der Waals surface area contributed by atoms with E-state index in [1.54, 1.807) is 11.3 Å². The zero-order chi connectivity index (χ0) is 19.0. The van der Waals surface area contributed by atoms with Crippen LogP contribution in [0.1, 0.15) is 43.1 Å². The highest BCUT2D eigenvalue weighted by molar-refractivity contribution is 7.18. The van der Waals surface area contributed by atoms with E-state index in [0.717, 1.165) is 39.4 Å². The van der Waals surface area contributed by atoms with Crippen molar-refractivity contribution in [1.82, 2.24) is 4.98 Å². The summed E-state index contributed by atoms with van der Waals surface area (Å²) in [6.07, 6.45) is 3.20. The molecule has 0 bridgehead atoms. The Hall–Kier alpha value is -2.68. The molecule has 0 unspecified atom stereocenters. The van der Waals surface area contributed by atoms with Crippen molar-refractivity contribution in [3.63, 3.8) is 0 Å². The van der Waals surface area contributed by atoms with E-state index in [1.165, 1.54) is 5.56 Å². The highest BCUT2D eigenvalue weighted by Crippen LogP contribution is 2.41. The van der Waals surface area contributed by atoms with E-state index in [-0.39, 0.29) is 12.2 Å². The molecule has 136 valence electrons. The van der Waals surface area contributed by atoms with E-state index < -0.39 is 0 Å². The van der Waals surface area contributed by atoms with Crippen LogP contribution in [0.4, 0.5) is 0 Å². The van der Waals surface area contributed by atoms with Gasteiger partial charge in [0.1, 0.15) is 16.8 Å². The Morgan fingerprint density at radius 2 is 2.15 bits per heavy atom. The second-order valence-corrected chi connectivity index (χ2v) is 7.98. The minimum Gasteiger partial charge on any atom is -0.490 e. The molecule has 0 saturated carbocycles. The van der Waals surface area contributed by atoms with Gasteiger partial charge < -0.3 is 9.84 Å². The van der Waals surface area contributed by atoms with Gasteiger partial charge in [0.2, 0.25) is 0 Å². The number of ether oxygens (including phenoxy) is 1. The SMILES string of the molecule is CC(C)Oc1ccc(-c2ncc(-c3cccc4c3CC[C@@H]4O)s2)cc1C#N. The number of benzene rings is 2. The Labute approximate surface area is 162 Å². The lowest BCUT2D eigenvalue weighted by Gasteiger charge is -2.11. The molecular weight excluding hydrogens is 356 g/mol. The molecule has 3 aromatic rings. The molecule has 1 aromatic heterocycles. The zero-order valence-electron chi connectivity index (χ0n) is 15.3. The first-order chi connectivity index (χ1) is 13.1. The van der Waals surface area contributed by atoms with E-state index >= 15 is 0 Å². The van der Waals surface area contributed by atoms with Crippen LogP contribution < -0.4 is 4.74 Å². The van der Waals surface area contributed by atoms with Crippen LogP contribution in [-0.2, 0) is 6.42 Å². The maximum atomic E-state index is 10.1. The third-order valence-corrected chi connectivity index (χ3v) is 5.80. The van der Waals surface area contributed by atoms with Gasteiger partial charge in [0.15, 0.2) is 0 Å². The molecule has 0 radical (unpaired) electrons. The van der Waals surface area contributed by atoms with Gasteiger partial charge in [-0.1, -0.05) is 18.2 Å². The molecule has 4 nitrogen and oxygen atoms in total. The summed E-state index contributed by atoms with van der Waals surface area (Å²) in [4.78, 5) is 5.66. The van der Waals surface area contributed by atoms with Crippen molar-refractivity contribution in [2.24, 2.45) is 0 Å². The predicted octanol–water partition coefficient (Wildman–Crippen LogP) is 5.12. The van der Waals surface area contributed by atoms with Crippen molar-refractivity contribution in [3.8, 4) is 32.8 Å². The van der Waals surface area contributed by atoms with Crippen molar-refractivity contribution < 1.29 is 9.84 Å². The average molecular weight is 376 g/mol. The zero-order valence-corrected chi connectivity index (χ0v) is 16.1. The Kier molecular flexibility index (Phi) is 4.69. The summed E-state index contributed by atoms with van der Waals surface area (Å²) < 4.78 is 5.70. The number of hydrogen-bond acceptors (Lipinski definition) is 5. The fourth-order valence-electron chi connectivity index (χ4n) is 3.50. The van der Waals surface area contributed by atoms with Gasteiger partial charge in [-0.25, -0.2) is 4.98 Å². The van der Waals surface area contributed by atoms with Crippen LogP contribution in [0, 0.1) is 11.3 Å². The molecule has 2 aromatic carbocycles. The Morgan fingerprint density at radius 1 is 1.30 bits per heavy atom. The van der Waals surface area contributed by atoms with Crippen molar-refractivity contribution in [1.29, 1.82) is 5.26 Å². The van der Waals surface area contributed by atoms with Gasteiger partial charge in [-0.05, 0) is 61.6 Å². The quantitative estimate of drug-likeness (QED) is 0.687. The minimum absolute atomic E-state index is 0.0185. The van der Waals surface area contributed by atoms with Gasteiger partial charge >= 0.3 is 0 Å². The number of aliphatic hydroxyl groups excluding tert-OH is 1. The number of aromatic nitrogens is 1. The van der Waals surface area contributed by atoms with E-state index in [9.17, 15) is 10.4 Å². The molecule has 0 saturated heterocycles. The molecular formula is C22H20N2O2S.